The Morgan fingerprint density at radius 2 is 1.90 bits per heavy atom. The molecule has 21 heavy (non-hydrogen) atoms. The summed E-state index contributed by atoms with van der Waals surface area (Å²) >= 11 is 6.60. The van der Waals surface area contributed by atoms with Crippen LogP contribution < -0.4 is 4.74 Å². The van der Waals surface area contributed by atoms with Crippen LogP contribution in [0, 0.1) is 11.6 Å². The maximum Gasteiger partial charge on any atom is 0.191 e. The normalized spacial score (nSPS) is 11.0. The van der Waals surface area contributed by atoms with Gasteiger partial charge < -0.3 is 4.74 Å². The first-order chi connectivity index (χ1) is 9.97. The van der Waals surface area contributed by atoms with Crippen molar-refractivity contribution in [2.45, 2.75) is 25.3 Å². The van der Waals surface area contributed by atoms with Crippen LogP contribution in [0.15, 0.2) is 16.6 Å². The zero-order valence-corrected chi connectivity index (χ0v) is 14.8. The number of aromatic nitrogens is 2. The number of hydrogen-bond acceptors (Lipinski definition) is 2. The standard InChI is InChI=1S/C14H14Br2F2N2O/c1-3-11-13(16)12(20(2)19-11)7-21-14-9(17)4-8(6-15)5-10(14)18/h4-5H,3,6-7H2,1-2H3. The lowest BCUT2D eigenvalue weighted by Gasteiger charge is -2.10. The summed E-state index contributed by atoms with van der Waals surface area (Å²) < 4.78 is 35.5. The Morgan fingerprint density at radius 1 is 1.29 bits per heavy atom. The van der Waals surface area contributed by atoms with Gasteiger partial charge in [-0.15, -0.1) is 0 Å². The highest BCUT2D eigenvalue weighted by Gasteiger charge is 2.16. The van der Waals surface area contributed by atoms with Crippen molar-refractivity contribution in [1.29, 1.82) is 0 Å². The molecule has 1 heterocycles. The first-order valence-electron chi connectivity index (χ1n) is 6.34. The van der Waals surface area contributed by atoms with Crippen molar-refractivity contribution in [1.82, 2.24) is 9.78 Å². The summed E-state index contributed by atoms with van der Waals surface area (Å²) in [4.78, 5) is 0. The number of alkyl halides is 1. The van der Waals surface area contributed by atoms with Crippen molar-refractivity contribution in [2.75, 3.05) is 0 Å². The average Bonchev–Trinajstić information content (AvgIpc) is 2.72. The van der Waals surface area contributed by atoms with Crippen LogP contribution >= 0.6 is 31.9 Å². The molecular formula is C14H14Br2F2N2O. The Labute approximate surface area is 138 Å². The molecule has 0 spiro atoms. The van der Waals surface area contributed by atoms with Gasteiger partial charge >= 0.3 is 0 Å². The molecule has 2 aromatic rings. The van der Waals surface area contributed by atoms with E-state index in [0.29, 0.717) is 10.9 Å². The Hall–Kier alpha value is -0.950. The van der Waals surface area contributed by atoms with Gasteiger partial charge in [-0.3, -0.25) is 4.68 Å². The van der Waals surface area contributed by atoms with Crippen LogP contribution in [0.1, 0.15) is 23.9 Å². The van der Waals surface area contributed by atoms with E-state index in [9.17, 15) is 8.78 Å². The van der Waals surface area contributed by atoms with Crippen molar-refractivity contribution >= 4 is 31.9 Å². The Kier molecular flexibility index (Phi) is 5.37. The molecule has 0 unspecified atom stereocenters. The minimum Gasteiger partial charge on any atom is -0.481 e. The molecule has 0 saturated heterocycles. The molecule has 0 amide bonds. The Morgan fingerprint density at radius 3 is 2.38 bits per heavy atom. The van der Waals surface area contributed by atoms with E-state index in [1.165, 1.54) is 12.1 Å². The second-order valence-corrected chi connectivity index (χ2v) is 5.85. The summed E-state index contributed by atoms with van der Waals surface area (Å²) in [5.74, 6) is -1.79. The third-order valence-electron chi connectivity index (χ3n) is 3.07. The number of benzene rings is 1. The van der Waals surface area contributed by atoms with E-state index in [1.54, 1.807) is 11.7 Å². The van der Waals surface area contributed by atoms with Gasteiger partial charge in [0, 0.05) is 12.4 Å². The van der Waals surface area contributed by atoms with Crippen LogP contribution in [0.3, 0.4) is 0 Å². The number of nitrogens with zero attached hydrogens (tertiary/aromatic N) is 2. The zero-order valence-electron chi connectivity index (χ0n) is 11.6. The average molecular weight is 424 g/mol. The van der Waals surface area contributed by atoms with Gasteiger partial charge in [-0.05, 0) is 40.0 Å². The lowest BCUT2D eigenvalue weighted by Crippen LogP contribution is -2.06. The molecule has 0 N–H and O–H groups in total. The van der Waals surface area contributed by atoms with Crippen molar-refractivity contribution < 1.29 is 13.5 Å². The van der Waals surface area contributed by atoms with Crippen LogP contribution in [-0.4, -0.2) is 9.78 Å². The molecule has 0 aliphatic rings. The molecular weight excluding hydrogens is 410 g/mol. The summed E-state index contributed by atoms with van der Waals surface area (Å²) in [6.07, 6.45) is 0.761. The molecule has 0 aliphatic heterocycles. The fraction of sp³-hybridized carbons (Fsp3) is 0.357. The predicted molar refractivity (Wildman–Crippen MR) is 83.6 cm³/mol. The van der Waals surface area contributed by atoms with Gasteiger partial charge in [-0.1, -0.05) is 22.9 Å². The summed E-state index contributed by atoms with van der Waals surface area (Å²) in [7, 11) is 1.77. The van der Waals surface area contributed by atoms with E-state index in [1.807, 2.05) is 6.92 Å². The molecule has 0 aliphatic carbocycles. The third kappa shape index (κ3) is 3.45. The summed E-state index contributed by atoms with van der Waals surface area (Å²) in [5.41, 5.74) is 2.13. The lowest BCUT2D eigenvalue weighted by atomic mass is 10.2. The first kappa shape index (κ1) is 16.4. The first-order valence-corrected chi connectivity index (χ1v) is 8.26. The molecule has 0 bridgehead atoms. The van der Waals surface area contributed by atoms with E-state index in [0.717, 1.165) is 22.3 Å². The van der Waals surface area contributed by atoms with Gasteiger partial charge in [0.05, 0.1) is 15.9 Å². The Bertz CT molecular complexity index is 636. The molecule has 114 valence electrons. The molecule has 0 saturated carbocycles. The minimum absolute atomic E-state index is 0.0333. The smallest absolute Gasteiger partial charge is 0.191 e. The monoisotopic (exact) mass is 422 g/mol. The predicted octanol–water partition coefficient (Wildman–Crippen LogP) is 4.50. The second-order valence-electron chi connectivity index (χ2n) is 4.50. The molecule has 1 aromatic carbocycles. The fourth-order valence-electron chi connectivity index (χ4n) is 1.94. The number of halogens is 4. The van der Waals surface area contributed by atoms with Crippen molar-refractivity contribution in [3.8, 4) is 5.75 Å². The number of hydrogen-bond donors (Lipinski definition) is 0. The second kappa shape index (κ2) is 6.87. The highest BCUT2D eigenvalue weighted by molar-refractivity contribution is 9.10. The van der Waals surface area contributed by atoms with Crippen LogP contribution in [0.4, 0.5) is 8.78 Å². The van der Waals surface area contributed by atoms with Gasteiger partial charge in [-0.2, -0.15) is 5.10 Å². The quantitative estimate of drug-likeness (QED) is 0.662. The molecule has 3 nitrogen and oxygen atoms in total. The van der Waals surface area contributed by atoms with E-state index in [4.69, 9.17) is 4.74 Å². The van der Waals surface area contributed by atoms with Gasteiger partial charge in [0.1, 0.15) is 6.61 Å². The van der Waals surface area contributed by atoms with E-state index >= 15 is 0 Å². The van der Waals surface area contributed by atoms with Gasteiger partial charge in [0.2, 0.25) is 0 Å². The van der Waals surface area contributed by atoms with E-state index in [2.05, 4.69) is 37.0 Å². The largest absolute Gasteiger partial charge is 0.481 e. The minimum atomic E-state index is -0.710. The molecule has 0 fully saturated rings. The van der Waals surface area contributed by atoms with Crippen LogP contribution in [-0.2, 0) is 25.4 Å². The van der Waals surface area contributed by atoms with Gasteiger partial charge in [-0.25, -0.2) is 8.78 Å². The van der Waals surface area contributed by atoms with E-state index in [-0.39, 0.29) is 12.4 Å². The van der Waals surface area contributed by atoms with Crippen molar-refractivity contribution in [3.05, 3.63) is 45.2 Å². The molecule has 7 heteroatoms. The highest BCUT2D eigenvalue weighted by Crippen LogP contribution is 2.27. The lowest BCUT2D eigenvalue weighted by molar-refractivity contribution is 0.264. The van der Waals surface area contributed by atoms with E-state index < -0.39 is 11.6 Å². The molecule has 1 aromatic heterocycles. The summed E-state index contributed by atoms with van der Waals surface area (Å²) in [6.45, 7) is 2.02. The molecule has 0 radical (unpaired) electrons. The summed E-state index contributed by atoms with van der Waals surface area (Å²) in [6, 6.07) is 2.51. The molecule has 2 rings (SSSR count). The van der Waals surface area contributed by atoms with Crippen LogP contribution in [0.5, 0.6) is 5.75 Å². The Balaban J connectivity index is 2.23. The number of aryl methyl sites for hydroxylation is 2. The third-order valence-corrected chi connectivity index (χ3v) is 4.63. The topological polar surface area (TPSA) is 27.1 Å². The van der Waals surface area contributed by atoms with Gasteiger partial charge in [0.25, 0.3) is 0 Å². The highest BCUT2D eigenvalue weighted by atomic mass is 79.9. The van der Waals surface area contributed by atoms with Crippen LogP contribution in [0.25, 0.3) is 0 Å². The fourth-order valence-corrected chi connectivity index (χ4v) is 3.00. The number of ether oxygens (including phenoxy) is 1. The zero-order chi connectivity index (χ0) is 15.6. The van der Waals surface area contributed by atoms with Gasteiger partial charge in [0.15, 0.2) is 17.4 Å². The maximum absolute atomic E-state index is 13.9. The van der Waals surface area contributed by atoms with Crippen LogP contribution in [0.2, 0.25) is 0 Å². The SMILES string of the molecule is CCc1nn(C)c(COc2c(F)cc(CBr)cc2F)c1Br. The number of rotatable bonds is 5. The molecule has 0 atom stereocenters. The van der Waals surface area contributed by atoms with Crippen molar-refractivity contribution in [2.24, 2.45) is 7.05 Å². The maximum atomic E-state index is 13.9. The summed E-state index contributed by atoms with van der Waals surface area (Å²) in [5, 5.41) is 4.69. The van der Waals surface area contributed by atoms with Crippen molar-refractivity contribution in [3.63, 3.8) is 0 Å².